The van der Waals surface area contributed by atoms with Crippen LogP contribution in [0.5, 0.6) is 0 Å². The van der Waals surface area contributed by atoms with E-state index in [1.807, 2.05) is 0 Å². The minimum absolute atomic E-state index is 0.0239. The maximum atomic E-state index is 12.5. The summed E-state index contributed by atoms with van der Waals surface area (Å²) in [6.07, 6.45) is 0.789. The van der Waals surface area contributed by atoms with Crippen LogP contribution in [0.4, 0.5) is 11.5 Å². The van der Waals surface area contributed by atoms with Gasteiger partial charge in [-0.3, -0.25) is 4.79 Å². The first-order valence-corrected chi connectivity index (χ1v) is 8.79. The van der Waals surface area contributed by atoms with Crippen LogP contribution >= 0.6 is 0 Å². The summed E-state index contributed by atoms with van der Waals surface area (Å²) in [6, 6.07) is 0. The quantitative estimate of drug-likeness (QED) is 0.161. The molecule has 0 saturated carbocycles. The number of aliphatic hydroxyl groups is 3. The van der Waals surface area contributed by atoms with Gasteiger partial charge in [0.1, 0.15) is 24.2 Å². The molecule has 0 aliphatic rings. The van der Waals surface area contributed by atoms with Crippen LogP contribution < -0.4 is 10.6 Å². The SMILES string of the molecule is C=C/C(=C\C=C(/C)C(=O)Nc1c(C)ncnc1NC(O)C(O)C(CO)OC)C(=O)O. The zero-order valence-electron chi connectivity index (χ0n) is 16.9. The molecule has 1 aromatic heterocycles. The molecule has 1 heterocycles. The molecule has 6 N–H and O–H groups in total. The first-order chi connectivity index (χ1) is 14.2. The number of hydrogen-bond acceptors (Lipinski definition) is 9. The van der Waals surface area contributed by atoms with Gasteiger partial charge in [0.25, 0.3) is 5.91 Å². The lowest BCUT2D eigenvalue weighted by molar-refractivity contribution is -0.132. The van der Waals surface area contributed by atoms with Gasteiger partial charge in [0.2, 0.25) is 0 Å². The molecule has 0 aliphatic heterocycles. The van der Waals surface area contributed by atoms with Crippen LogP contribution in [0.2, 0.25) is 0 Å². The summed E-state index contributed by atoms with van der Waals surface area (Å²) in [5.41, 5.74) is 0.613. The molecule has 0 bridgehead atoms. The number of hydrogen-bond donors (Lipinski definition) is 6. The summed E-state index contributed by atoms with van der Waals surface area (Å²) < 4.78 is 4.88. The highest BCUT2D eigenvalue weighted by atomic mass is 16.5. The Hall–Kier alpha value is -3.12. The molecule has 1 aromatic rings. The summed E-state index contributed by atoms with van der Waals surface area (Å²) in [5, 5.41) is 43.5. The van der Waals surface area contributed by atoms with Crippen LogP contribution in [0, 0.1) is 6.92 Å². The first-order valence-electron chi connectivity index (χ1n) is 8.79. The summed E-state index contributed by atoms with van der Waals surface area (Å²) in [4.78, 5) is 31.4. The molecule has 164 valence electrons. The molecule has 0 radical (unpaired) electrons. The van der Waals surface area contributed by atoms with Gasteiger partial charge in [-0.05, 0) is 19.9 Å². The van der Waals surface area contributed by atoms with E-state index in [1.54, 1.807) is 6.92 Å². The number of methoxy groups -OCH3 is 1. The third-order valence-electron chi connectivity index (χ3n) is 4.08. The lowest BCUT2D eigenvalue weighted by Gasteiger charge is -2.26. The third kappa shape index (κ3) is 6.74. The van der Waals surface area contributed by atoms with Gasteiger partial charge in [-0.2, -0.15) is 0 Å². The number of anilines is 2. The molecule has 11 heteroatoms. The van der Waals surface area contributed by atoms with Gasteiger partial charge < -0.3 is 35.8 Å². The summed E-state index contributed by atoms with van der Waals surface area (Å²) >= 11 is 0. The average molecular weight is 422 g/mol. The molecular weight excluding hydrogens is 396 g/mol. The number of ether oxygens (including phenoxy) is 1. The molecule has 0 fully saturated rings. The number of nitrogens with zero attached hydrogens (tertiary/aromatic N) is 2. The topological polar surface area (TPSA) is 174 Å². The second kappa shape index (κ2) is 11.8. The van der Waals surface area contributed by atoms with Gasteiger partial charge in [0.15, 0.2) is 12.0 Å². The minimum Gasteiger partial charge on any atom is -0.478 e. The van der Waals surface area contributed by atoms with E-state index in [4.69, 9.17) is 9.84 Å². The Morgan fingerprint density at radius 1 is 1.30 bits per heavy atom. The largest absolute Gasteiger partial charge is 0.478 e. The average Bonchev–Trinajstić information content (AvgIpc) is 2.71. The number of carbonyl (C=O) groups is 2. The number of aryl methyl sites for hydroxylation is 1. The number of nitrogens with one attached hydrogen (secondary N) is 2. The molecule has 3 unspecified atom stereocenters. The van der Waals surface area contributed by atoms with E-state index in [-0.39, 0.29) is 22.7 Å². The van der Waals surface area contributed by atoms with E-state index < -0.39 is 36.9 Å². The Bertz CT molecular complexity index is 834. The monoisotopic (exact) mass is 422 g/mol. The Balaban J connectivity index is 3.07. The second-order valence-electron chi connectivity index (χ2n) is 6.15. The number of aliphatic carboxylic acids is 1. The van der Waals surface area contributed by atoms with Gasteiger partial charge >= 0.3 is 5.97 Å². The Morgan fingerprint density at radius 2 is 1.97 bits per heavy atom. The standard InChI is InChI=1S/C19H26N4O7/c1-5-12(19(28)29)7-6-10(2)17(26)22-14-11(3)20-9-21-16(14)23-18(27)15(25)13(8-24)30-4/h5-7,9,13,15,18,24-25,27H,1,8H2,2-4H3,(H,22,26)(H,28,29)(H,20,21,23)/b10-6+,12-7+. The van der Waals surface area contributed by atoms with Crippen molar-refractivity contribution < 1.29 is 34.8 Å². The number of carboxylic acids is 1. The molecule has 1 rings (SSSR count). The van der Waals surface area contributed by atoms with Crippen molar-refractivity contribution in [2.45, 2.75) is 32.3 Å². The van der Waals surface area contributed by atoms with Crippen molar-refractivity contribution in [1.82, 2.24) is 9.97 Å². The fourth-order valence-electron chi connectivity index (χ4n) is 2.21. The van der Waals surface area contributed by atoms with E-state index >= 15 is 0 Å². The third-order valence-corrected chi connectivity index (χ3v) is 4.08. The van der Waals surface area contributed by atoms with Crippen molar-refractivity contribution >= 4 is 23.4 Å². The van der Waals surface area contributed by atoms with Crippen LogP contribution in [0.1, 0.15) is 12.6 Å². The Morgan fingerprint density at radius 3 is 2.50 bits per heavy atom. The molecule has 1 amide bonds. The van der Waals surface area contributed by atoms with Crippen molar-refractivity contribution in [2.75, 3.05) is 24.4 Å². The summed E-state index contributed by atoms with van der Waals surface area (Å²) in [6.45, 7) is 5.93. The van der Waals surface area contributed by atoms with E-state index in [9.17, 15) is 24.9 Å². The van der Waals surface area contributed by atoms with E-state index in [0.29, 0.717) is 5.69 Å². The van der Waals surface area contributed by atoms with E-state index in [0.717, 1.165) is 6.08 Å². The molecule has 0 spiro atoms. The van der Waals surface area contributed by atoms with Crippen molar-refractivity contribution in [3.05, 3.63) is 48.0 Å². The maximum absolute atomic E-state index is 12.5. The van der Waals surface area contributed by atoms with Crippen LogP contribution in [0.25, 0.3) is 0 Å². The number of aromatic nitrogens is 2. The van der Waals surface area contributed by atoms with Gasteiger partial charge in [0.05, 0.1) is 17.9 Å². The lowest BCUT2D eigenvalue weighted by Crippen LogP contribution is -2.44. The highest BCUT2D eigenvalue weighted by Crippen LogP contribution is 2.23. The minimum atomic E-state index is -1.57. The maximum Gasteiger partial charge on any atom is 0.335 e. The van der Waals surface area contributed by atoms with E-state index in [2.05, 4.69) is 27.2 Å². The van der Waals surface area contributed by atoms with Gasteiger partial charge in [0, 0.05) is 12.7 Å². The molecular formula is C19H26N4O7. The number of carboxylic acid groups (broad SMARTS) is 1. The number of carbonyl (C=O) groups excluding carboxylic acids is 1. The molecule has 3 atom stereocenters. The van der Waals surface area contributed by atoms with E-state index in [1.165, 1.54) is 32.5 Å². The lowest BCUT2D eigenvalue weighted by atomic mass is 10.1. The first kappa shape index (κ1) is 24.9. The zero-order valence-corrected chi connectivity index (χ0v) is 16.9. The van der Waals surface area contributed by atoms with Gasteiger partial charge in [-0.1, -0.05) is 18.7 Å². The fourth-order valence-corrected chi connectivity index (χ4v) is 2.21. The normalized spacial score (nSPS) is 15.1. The van der Waals surface area contributed by atoms with Crippen LogP contribution in [-0.2, 0) is 14.3 Å². The predicted molar refractivity (Wildman–Crippen MR) is 109 cm³/mol. The Labute approximate surface area is 173 Å². The summed E-state index contributed by atoms with van der Waals surface area (Å²) in [5.74, 6) is -1.73. The molecule has 30 heavy (non-hydrogen) atoms. The van der Waals surface area contributed by atoms with Crippen molar-refractivity contribution in [2.24, 2.45) is 0 Å². The van der Waals surface area contributed by atoms with Crippen LogP contribution in [0.3, 0.4) is 0 Å². The van der Waals surface area contributed by atoms with Crippen LogP contribution in [0.15, 0.2) is 42.3 Å². The van der Waals surface area contributed by atoms with Crippen molar-refractivity contribution in [1.29, 1.82) is 0 Å². The number of allylic oxidation sites excluding steroid dienone is 2. The molecule has 11 nitrogen and oxygen atoms in total. The second-order valence-corrected chi connectivity index (χ2v) is 6.15. The smallest absolute Gasteiger partial charge is 0.335 e. The molecule has 0 saturated heterocycles. The number of amides is 1. The highest BCUT2D eigenvalue weighted by molar-refractivity contribution is 6.05. The summed E-state index contributed by atoms with van der Waals surface area (Å²) in [7, 11) is 1.27. The predicted octanol–water partition coefficient (Wildman–Crippen LogP) is -0.0347. The molecule has 0 aliphatic carbocycles. The van der Waals surface area contributed by atoms with Crippen molar-refractivity contribution in [3.63, 3.8) is 0 Å². The number of rotatable bonds is 11. The van der Waals surface area contributed by atoms with Gasteiger partial charge in [-0.25, -0.2) is 14.8 Å². The Kier molecular flexibility index (Phi) is 9.78. The molecule has 0 aromatic carbocycles. The fraction of sp³-hybridized carbons (Fsp3) is 0.368. The van der Waals surface area contributed by atoms with Crippen molar-refractivity contribution in [3.8, 4) is 0 Å². The van der Waals surface area contributed by atoms with Crippen LogP contribution in [-0.4, -0.2) is 74.4 Å². The number of aliphatic hydroxyl groups excluding tert-OH is 3. The zero-order chi connectivity index (χ0) is 22.8. The van der Waals surface area contributed by atoms with Gasteiger partial charge in [-0.15, -0.1) is 0 Å². The highest BCUT2D eigenvalue weighted by Gasteiger charge is 2.27.